The van der Waals surface area contributed by atoms with Crippen molar-refractivity contribution in [2.75, 3.05) is 22.1 Å². The zero-order chi connectivity index (χ0) is 20.1. The van der Waals surface area contributed by atoms with Crippen molar-refractivity contribution in [3.05, 3.63) is 61.2 Å². The number of hydrogen-bond acceptors (Lipinski definition) is 6. The average molecular weight is 423 g/mol. The lowest BCUT2D eigenvalue weighted by molar-refractivity contribution is -0.113. The fraction of sp³-hybridized carbons (Fsp3) is 0.227. The molecule has 0 bridgehead atoms. The summed E-state index contributed by atoms with van der Waals surface area (Å²) in [6.07, 6.45) is 4.20. The topological polar surface area (TPSA) is 66.9 Å². The molecule has 1 heterocycles. The molecule has 1 aliphatic carbocycles. The van der Waals surface area contributed by atoms with E-state index in [9.17, 15) is 4.79 Å². The van der Waals surface area contributed by atoms with Crippen LogP contribution >= 0.6 is 23.5 Å². The van der Waals surface area contributed by atoms with Gasteiger partial charge in [0.2, 0.25) is 5.91 Å². The van der Waals surface area contributed by atoms with Crippen molar-refractivity contribution in [3.8, 4) is 0 Å². The van der Waals surface area contributed by atoms with Crippen molar-refractivity contribution in [1.29, 1.82) is 0 Å². The Morgan fingerprint density at radius 1 is 1.10 bits per heavy atom. The number of nitrogens with zero attached hydrogens (tertiary/aromatic N) is 2. The maximum absolute atomic E-state index is 12.5. The lowest BCUT2D eigenvalue weighted by atomic mass is 10.2. The minimum atomic E-state index is -0.0740. The molecule has 29 heavy (non-hydrogen) atoms. The quantitative estimate of drug-likeness (QED) is 0.280. The van der Waals surface area contributed by atoms with Crippen LogP contribution in [0.1, 0.15) is 12.8 Å². The number of amides is 1. The Balaban J connectivity index is 1.44. The molecule has 0 unspecified atom stereocenters. The summed E-state index contributed by atoms with van der Waals surface area (Å²) in [5.74, 6) is 1.83. The first-order valence-corrected chi connectivity index (χ1v) is 11.5. The van der Waals surface area contributed by atoms with Gasteiger partial charge in [0.25, 0.3) is 0 Å². The van der Waals surface area contributed by atoms with Crippen LogP contribution in [-0.4, -0.2) is 33.4 Å². The Morgan fingerprint density at radius 2 is 1.90 bits per heavy atom. The van der Waals surface area contributed by atoms with Crippen molar-refractivity contribution >= 4 is 51.8 Å². The predicted molar refractivity (Wildman–Crippen MR) is 123 cm³/mol. The number of benzene rings is 2. The molecule has 1 amide bonds. The summed E-state index contributed by atoms with van der Waals surface area (Å²) in [5.41, 5.74) is 1.71. The fourth-order valence-corrected chi connectivity index (χ4v) is 4.21. The third-order valence-electron chi connectivity index (χ3n) is 4.35. The molecule has 1 saturated carbocycles. The van der Waals surface area contributed by atoms with Crippen LogP contribution in [0.15, 0.2) is 71.2 Å². The van der Waals surface area contributed by atoms with Crippen molar-refractivity contribution in [3.63, 3.8) is 0 Å². The summed E-state index contributed by atoms with van der Waals surface area (Å²) >= 11 is 3.00. The maximum atomic E-state index is 12.5. The van der Waals surface area contributed by atoms with E-state index in [4.69, 9.17) is 0 Å². The minimum Gasteiger partial charge on any atom is -0.367 e. The first-order chi connectivity index (χ1) is 14.2. The zero-order valence-corrected chi connectivity index (χ0v) is 17.6. The second-order valence-electron chi connectivity index (χ2n) is 6.72. The van der Waals surface area contributed by atoms with E-state index in [0.717, 1.165) is 33.1 Å². The first kappa shape index (κ1) is 19.8. The van der Waals surface area contributed by atoms with E-state index in [1.54, 1.807) is 11.8 Å². The van der Waals surface area contributed by atoms with Crippen molar-refractivity contribution in [1.82, 2.24) is 9.97 Å². The molecule has 0 atom stereocenters. The molecule has 2 N–H and O–H groups in total. The van der Waals surface area contributed by atoms with Gasteiger partial charge in [-0.1, -0.05) is 42.1 Å². The van der Waals surface area contributed by atoms with Gasteiger partial charge in [-0.25, -0.2) is 9.97 Å². The zero-order valence-electron chi connectivity index (χ0n) is 15.9. The number of nitrogens with one attached hydrogen (secondary N) is 2. The molecule has 0 aliphatic heterocycles. The highest BCUT2D eigenvalue weighted by Crippen LogP contribution is 2.30. The molecule has 0 spiro atoms. The molecule has 1 aliphatic rings. The molecule has 4 rings (SSSR count). The number of aromatic nitrogens is 2. The Bertz CT molecular complexity index is 1040. The largest absolute Gasteiger partial charge is 0.367 e. The highest BCUT2D eigenvalue weighted by Gasteiger charge is 2.23. The third kappa shape index (κ3) is 5.31. The molecule has 1 aromatic heterocycles. The molecule has 0 saturated heterocycles. The minimum absolute atomic E-state index is 0.0740. The molecule has 0 radical (unpaired) electrons. The summed E-state index contributed by atoms with van der Waals surface area (Å²) in [5, 5.41) is 8.10. The number of carbonyl (C=O) groups is 1. The van der Waals surface area contributed by atoms with Crippen LogP contribution in [-0.2, 0) is 4.79 Å². The van der Waals surface area contributed by atoms with Crippen LogP contribution < -0.4 is 10.6 Å². The molecular weight excluding hydrogens is 400 g/mol. The van der Waals surface area contributed by atoms with Gasteiger partial charge in [0, 0.05) is 22.1 Å². The Hall–Kier alpha value is -2.51. The van der Waals surface area contributed by atoms with Gasteiger partial charge in [0.15, 0.2) is 5.16 Å². The van der Waals surface area contributed by atoms with Crippen LogP contribution in [0.5, 0.6) is 0 Å². The van der Waals surface area contributed by atoms with E-state index in [1.807, 2.05) is 54.6 Å². The van der Waals surface area contributed by atoms with Crippen LogP contribution in [0.25, 0.3) is 10.9 Å². The monoisotopic (exact) mass is 422 g/mol. The van der Waals surface area contributed by atoms with Crippen LogP contribution in [0.4, 0.5) is 11.5 Å². The number of thioether (sulfide) groups is 2. The first-order valence-electron chi connectivity index (χ1n) is 9.51. The summed E-state index contributed by atoms with van der Waals surface area (Å²) in [7, 11) is 0. The van der Waals surface area contributed by atoms with Crippen LogP contribution in [0.2, 0.25) is 0 Å². The number of fused-ring (bicyclic) bond motifs is 1. The van der Waals surface area contributed by atoms with Gasteiger partial charge in [0.1, 0.15) is 5.82 Å². The second-order valence-corrected chi connectivity index (χ2v) is 8.73. The summed E-state index contributed by atoms with van der Waals surface area (Å²) in [6, 6.07) is 16.3. The van der Waals surface area contributed by atoms with Gasteiger partial charge < -0.3 is 10.6 Å². The second kappa shape index (κ2) is 9.33. The van der Waals surface area contributed by atoms with E-state index in [2.05, 4.69) is 27.2 Å². The SMILES string of the molecule is C=CCSc1ccccc1NC(=O)CSc1nc(NC2CC2)c2ccccc2n1. The molecule has 1 fully saturated rings. The van der Waals surface area contributed by atoms with Gasteiger partial charge in [-0.2, -0.15) is 0 Å². The Morgan fingerprint density at radius 3 is 2.72 bits per heavy atom. The predicted octanol–water partition coefficient (Wildman–Crippen LogP) is 5.21. The number of hydrogen-bond donors (Lipinski definition) is 2. The molecule has 7 heteroatoms. The van der Waals surface area contributed by atoms with Gasteiger partial charge in [-0.3, -0.25) is 4.79 Å². The molecular formula is C22H22N4OS2. The normalized spacial score (nSPS) is 13.2. The molecule has 148 valence electrons. The summed E-state index contributed by atoms with van der Waals surface area (Å²) in [6.45, 7) is 3.75. The van der Waals surface area contributed by atoms with Crippen LogP contribution in [0.3, 0.4) is 0 Å². The van der Waals surface area contributed by atoms with Gasteiger partial charge in [0.05, 0.1) is 17.0 Å². The number of para-hydroxylation sites is 2. The number of rotatable bonds is 9. The molecule has 2 aromatic carbocycles. The van der Waals surface area contributed by atoms with E-state index in [0.29, 0.717) is 11.2 Å². The highest BCUT2D eigenvalue weighted by atomic mass is 32.2. The van der Waals surface area contributed by atoms with Gasteiger partial charge >= 0.3 is 0 Å². The Labute approximate surface area is 178 Å². The summed E-state index contributed by atoms with van der Waals surface area (Å²) < 4.78 is 0. The van der Waals surface area contributed by atoms with Gasteiger partial charge in [-0.05, 0) is 37.1 Å². The fourth-order valence-electron chi connectivity index (χ4n) is 2.81. The lowest BCUT2D eigenvalue weighted by Crippen LogP contribution is -2.15. The van der Waals surface area contributed by atoms with E-state index in [1.165, 1.54) is 24.6 Å². The number of anilines is 2. The average Bonchev–Trinajstić information content (AvgIpc) is 3.56. The van der Waals surface area contributed by atoms with E-state index < -0.39 is 0 Å². The van der Waals surface area contributed by atoms with E-state index >= 15 is 0 Å². The van der Waals surface area contributed by atoms with Crippen molar-refractivity contribution in [2.45, 2.75) is 28.9 Å². The van der Waals surface area contributed by atoms with Crippen molar-refractivity contribution in [2.24, 2.45) is 0 Å². The van der Waals surface area contributed by atoms with E-state index in [-0.39, 0.29) is 11.7 Å². The molecule has 5 nitrogen and oxygen atoms in total. The lowest BCUT2D eigenvalue weighted by Gasteiger charge is -2.11. The third-order valence-corrected chi connectivity index (χ3v) is 6.27. The highest BCUT2D eigenvalue weighted by molar-refractivity contribution is 8.00. The summed E-state index contributed by atoms with van der Waals surface area (Å²) in [4.78, 5) is 22.8. The number of carbonyl (C=O) groups excluding carboxylic acids is 1. The van der Waals surface area contributed by atoms with Crippen molar-refractivity contribution < 1.29 is 4.79 Å². The maximum Gasteiger partial charge on any atom is 0.234 e. The Kier molecular flexibility index (Phi) is 6.36. The molecule has 3 aromatic rings. The van der Waals surface area contributed by atoms with Gasteiger partial charge in [-0.15, -0.1) is 18.3 Å². The smallest absolute Gasteiger partial charge is 0.234 e. The van der Waals surface area contributed by atoms with Crippen LogP contribution in [0, 0.1) is 0 Å². The standard InChI is InChI=1S/C22H22N4OS2/c1-2-13-28-19-10-6-5-9-18(19)24-20(27)14-29-22-25-17-8-4-3-7-16(17)21(26-22)23-15-11-12-15/h2-10,15H,1,11-14H2,(H,24,27)(H,23,25,26).